The summed E-state index contributed by atoms with van der Waals surface area (Å²) in [5, 5.41) is 0.495. The molecule has 33 heavy (non-hydrogen) atoms. The highest BCUT2D eigenvalue weighted by Crippen LogP contribution is 2.28. The third-order valence-corrected chi connectivity index (χ3v) is 8.88. The van der Waals surface area contributed by atoms with Gasteiger partial charge in [-0.15, -0.1) is 0 Å². The van der Waals surface area contributed by atoms with Crippen LogP contribution in [-0.4, -0.2) is 72.7 Å². The molecule has 1 amide bonds. The van der Waals surface area contributed by atoms with Crippen LogP contribution in [-0.2, 0) is 14.8 Å². The van der Waals surface area contributed by atoms with E-state index in [2.05, 4.69) is 16.8 Å². The number of halogens is 1. The molecule has 2 fully saturated rings. The van der Waals surface area contributed by atoms with Gasteiger partial charge in [0.15, 0.2) is 0 Å². The summed E-state index contributed by atoms with van der Waals surface area (Å²) in [6.45, 7) is 5.26. The monoisotopic (exact) mass is 491 g/mol. The molecular formula is C23H30ClN5O3S. The van der Waals surface area contributed by atoms with E-state index in [-0.39, 0.29) is 22.8 Å². The van der Waals surface area contributed by atoms with Crippen molar-refractivity contribution < 1.29 is 13.2 Å². The molecule has 1 aromatic carbocycles. The zero-order valence-electron chi connectivity index (χ0n) is 18.7. The molecule has 0 bridgehead atoms. The van der Waals surface area contributed by atoms with Gasteiger partial charge in [0.2, 0.25) is 15.9 Å². The summed E-state index contributed by atoms with van der Waals surface area (Å²) in [6.07, 6.45) is 3.32. The molecule has 2 saturated heterocycles. The molecule has 1 unspecified atom stereocenters. The van der Waals surface area contributed by atoms with E-state index < -0.39 is 10.0 Å². The Bertz CT molecular complexity index is 1080. The number of anilines is 1. The molecule has 2 N–H and O–H groups in total. The van der Waals surface area contributed by atoms with Crippen LogP contribution >= 0.6 is 11.6 Å². The predicted octanol–water partition coefficient (Wildman–Crippen LogP) is 2.62. The molecular weight excluding hydrogens is 462 g/mol. The van der Waals surface area contributed by atoms with E-state index in [0.717, 1.165) is 31.5 Å². The number of nitrogens with zero attached hydrogens (tertiary/aromatic N) is 4. The molecule has 178 valence electrons. The lowest BCUT2D eigenvalue weighted by Gasteiger charge is -2.39. The van der Waals surface area contributed by atoms with Crippen LogP contribution in [0, 0.1) is 5.92 Å². The molecule has 10 heteroatoms. The fourth-order valence-corrected chi connectivity index (χ4v) is 6.18. The Kier molecular flexibility index (Phi) is 7.23. The first kappa shape index (κ1) is 23.9. The average Bonchev–Trinajstić information content (AvgIpc) is 2.83. The van der Waals surface area contributed by atoms with E-state index in [4.69, 9.17) is 17.3 Å². The molecule has 0 saturated carbocycles. The Morgan fingerprint density at radius 1 is 1.06 bits per heavy atom. The van der Waals surface area contributed by atoms with Crippen molar-refractivity contribution in [1.82, 2.24) is 19.1 Å². The van der Waals surface area contributed by atoms with Crippen LogP contribution in [0.2, 0.25) is 5.02 Å². The maximum Gasteiger partial charge on any atom is 0.243 e. The quantitative estimate of drug-likeness (QED) is 0.690. The summed E-state index contributed by atoms with van der Waals surface area (Å²) in [7, 11) is -3.58. The summed E-state index contributed by atoms with van der Waals surface area (Å²) in [5.74, 6) is 0.635. The van der Waals surface area contributed by atoms with Crippen molar-refractivity contribution in [2.45, 2.75) is 30.7 Å². The van der Waals surface area contributed by atoms with Crippen LogP contribution in [0.1, 0.15) is 31.4 Å². The second-order valence-electron chi connectivity index (χ2n) is 8.68. The second kappa shape index (κ2) is 9.97. The minimum Gasteiger partial charge on any atom is -0.384 e. The zero-order chi connectivity index (χ0) is 23.6. The lowest BCUT2D eigenvalue weighted by atomic mass is 9.93. The number of piperidine rings is 1. The Labute approximate surface area is 200 Å². The van der Waals surface area contributed by atoms with Crippen molar-refractivity contribution >= 4 is 33.3 Å². The van der Waals surface area contributed by atoms with Crippen LogP contribution in [0.25, 0.3) is 0 Å². The van der Waals surface area contributed by atoms with Gasteiger partial charge in [0, 0.05) is 49.4 Å². The number of rotatable bonds is 5. The van der Waals surface area contributed by atoms with Gasteiger partial charge in [0.25, 0.3) is 0 Å². The maximum atomic E-state index is 13.1. The molecule has 0 aliphatic carbocycles. The third-order valence-electron chi connectivity index (χ3n) is 6.72. The van der Waals surface area contributed by atoms with Gasteiger partial charge >= 0.3 is 0 Å². The molecule has 8 nitrogen and oxygen atoms in total. The van der Waals surface area contributed by atoms with Crippen LogP contribution < -0.4 is 5.73 Å². The van der Waals surface area contributed by atoms with Crippen molar-refractivity contribution in [2.24, 2.45) is 5.92 Å². The molecule has 1 aromatic heterocycles. The number of sulfonamides is 1. The van der Waals surface area contributed by atoms with E-state index in [1.165, 1.54) is 16.4 Å². The Hall–Kier alpha value is -2.20. The number of likely N-dealkylation sites (tertiary alicyclic amines) is 1. The molecule has 0 radical (unpaired) electrons. The topological polar surface area (TPSA) is 99.8 Å². The van der Waals surface area contributed by atoms with E-state index in [1.54, 1.807) is 18.3 Å². The van der Waals surface area contributed by atoms with Crippen LogP contribution in [0.15, 0.2) is 47.5 Å². The number of amides is 1. The van der Waals surface area contributed by atoms with Gasteiger partial charge in [-0.3, -0.25) is 9.69 Å². The summed E-state index contributed by atoms with van der Waals surface area (Å²) >= 11 is 5.88. The fraction of sp³-hybridized carbons (Fsp3) is 0.478. The number of hydrogen-bond donors (Lipinski definition) is 1. The number of aromatic nitrogens is 1. The maximum absolute atomic E-state index is 13.1. The van der Waals surface area contributed by atoms with E-state index in [1.807, 2.05) is 17.0 Å². The molecule has 0 spiro atoms. The van der Waals surface area contributed by atoms with Gasteiger partial charge in [-0.05, 0) is 74.8 Å². The van der Waals surface area contributed by atoms with Crippen molar-refractivity contribution in [1.29, 1.82) is 0 Å². The van der Waals surface area contributed by atoms with E-state index in [9.17, 15) is 13.2 Å². The lowest BCUT2D eigenvalue weighted by molar-refractivity contribution is -0.138. The number of carbonyl (C=O) groups is 1. The standard InChI is InChI=1S/C23H30ClN5O3S/c1-17(19-6-9-26-22(25)16-19)27-10-7-18(8-11-27)23(30)28-12-14-29(15-13-28)33(31,32)21-4-2-20(24)3-5-21/h2-6,9,16-18H,7-8,10-15H2,1H3,(H2,25,26). The number of nitrogens with two attached hydrogens (primary N) is 1. The SMILES string of the molecule is CC(c1ccnc(N)c1)N1CCC(C(=O)N2CCN(S(=O)(=O)c3ccc(Cl)cc3)CC2)CC1. The van der Waals surface area contributed by atoms with Gasteiger partial charge in [-0.1, -0.05) is 11.6 Å². The Balaban J connectivity index is 1.29. The highest BCUT2D eigenvalue weighted by Gasteiger charge is 2.34. The molecule has 2 aromatic rings. The highest BCUT2D eigenvalue weighted by molar-refractivity contribution is 7.89. The first-order chi connectivity index (χ1) is 15.8. The van der Waals surface area contributed by atoms with Crippen molar-refractivity contribution in [3.8, 4) is 0 Å². The van der Waals surface area contributed by atoms with Gasteiger partial charge in [-0.2, -0.15) is 4.31 Å². The molecule has 4 rings (SSSR count). The summed E-state index contributed by atoms with van der Waals surface area (Å²) in [4.78, 5) is 21.6. The van der Waals surface area contributed by atoms with Crippen molar-refractivity contribution in [3.63, 3.8) is 0 Å². The number of hydrogen-bond acceptors (Lipinski definition) is 6. The van der Waals surface area contributed by atoms with Crippen LogP contribution in [0.5, 0.6) is 0 Å². The lowest BCUT2D eigenvalue weighted by Crippen LogP contribution is -2.52. The number of pyridine rings is 1. The highest BCUT2D eigenvalue weighted by atomic mass is 35.5. The number of carbonyl (C=O) groups excluding carboxylic acids is 1. The molecule has 1 atom stereocenters. The zero-order valence-corrected chi connectivity index (χ0v) is 20.3. The number of nitrogen functional groups attached to an aromatic ring is 1. The average molecular weight is 492 g/mol. The fourth-order valence-electron chi connectivity index (χ4n) is 4.63. The van der Waals surface area contributed by atoms with Crippen molar-refractivity contribution in [2.75, 3.05) is 45.0 Å². The minimum absolute atomic E-state index is 0.0182. The first-order valence-electron chi connectivity index (χ1n) is 11.3. The largest absolute Gasteiger partial charge is 0.384 e. The second-order valence-corrected chi connectivity index (χ2v) is 11.1. The molecule has 2 aliphatic rings. The summed E-state index contributed by atoms with van der Waals surface area (Å²) in [5.41, 5.74) is 6.95. The third kappa shape index (κ3) is 5.32. The van der Waals surface area contributed by atoms with Crippen molar-refractivity contribution in [3.05, 3.63) is 53.2 Å². The molecule has 2 aliphatic heterocycles. The molecule has 3 heterocycles. The summed E-state index contributed by atoms with van der Waals surface area (Å²) < 4.78 is 27.2. The Morgan fingerprint density at radius 2 is 1.70 bits per heavy atom. The van der Waals surface area contributed by atoms with E-state index in [0.29, 0.717) is 37.0 Å². The van der Waals surface area contributed by atoms with Crippen LogP contribution in [0.3, 0.4) is 0 Å². The van der Waals surface area contributed by atoms with Gasteiger partial charge < -0.3 is 10.6 Å². The van der Waals surface area contributed by atoms with Gasteiger partial charge in [-0.25, -0.2) is 13.4 Å². The predicted molar refractivity (Wildman–Crippen MR) is 128 cm³/mol. The normalized spacial score (nSPS) is 20.0. The van der Waals surface area contributed by atoms with Gasteiger partial charge in [0.05, 0.1) is 4.90 Å². The minimum atomic E-state index is -3.58. The smallest absolute Gasteiger partial charge is 0.243 e. The number of piperazine rings is 1. The number of benzene rings is 1. The Morgan fingerprint density at radius 3 is 2.30 bits per heavy atom. The first-order valence-corrected chi connectivity index (χ1v) is 13.1. The van der Waals surface area contributed by atoms with Gasteiger partial charge in [0.1, 0.15) is 5.82 Å². The van der Waals surface area contributed by atoms with Crippen LogP contribution in [0.4, 0.5) is 5.82 Å². The summed E-state index contributed by atoms with van der Waals surface area (Å²) in [6, 6.07) is 10.3. The van der Waals surface area contributed by atoms with E-state index >= 15 is 0 Å².